The summed E-state index contributed by atoms with van der Waals surface area (Å²) in [5.41, 5.74) is 0.996. The molecule has 0 radical (unpaired) electrons. The second-order valence-corrected chi connectivity index (χ2v) is 8.67. The maximum absolute atomic E-state index is 12.5. The van der Waals surface area contributed by atoms with Crippen LogP contribution in [0.1, 0.15) is 35.0 Å². The molecule has 0 bridgehead atoms. The number of nitrogens with zero attached hydrogens (tertiary/aromatic N) is 2. The van der Waals surface area contributed by atoms with E-state index < -0.39 is 15.9 Å². The van der Waals surface area contributed by atoms with Gasteiger partial charge >= 0.3 is 0 Å². The summed E-state index contributed by atoms with van der Waals surface area (Å²) < 4.78 is 36.7. The van der Waals surface area contributed by atoms with E-state index in [1.54, 1.807) is 0 Å². The third-order valence-corrected chi connectivity index (χ3v) is 6.66. The van der Waals surface area contributed by atoms with Crippen molar-refractivity contribution in [2.45, 2.75) is 23.9 Å². The van der Waals surface area contributed by atoms with Crippen LogP contribution in [-0.2, 0) is 14.8 Å². The van der Waals surface area contributed by atoms with Crippen molar-refractivity contribution >= 4 is 32.4 Å². The van der Waals surface area contributed by atoms with Gasteiger partial charge in [-0.05, 0) is 25.0 Å². The summed E-state index contributed by atoms with van der Waals surface area (Å²) in [7, 11) is -3.75. The molecule has 2 aliphatic rings. The van der Waals surface area contributed by atoms with E-state index in [4.69, 9.17) is 9.15 Å². The Morgan fingerprint density at radius 3 is 2.76 bits per heavy atom. The zero-order chi connectivity index (χ0) is 17.4. The Morgan fingerprint density at radius 2 is 2.04 bits per heavy atom. The molecular weight excluding hydrogens is 366 g/mol. The maximum atomic E-state index is 12.5. The van der Waals surface area contributed by atoms with E-state index in [0.29, 0.717) is 24.3 Å². The minimum atomic E-state index is -3.75. The summed E-state index contributed by atoms with van der Waals surface area (Å²) in [5.74, 6) is -0.0640. The lowest BCUT2D eigenvalue weighted by Gasteiger charge is -2.24. The first-order chi connectivity index (χ1) is 12.0. The fourth-order valence-corrected chi connectivity index (χ4v) is 4.67. The number of anilines is 1. The normalized spacial score (nSPS) is 19.0. The Balaban J connectivity index is 1.46. The van der Waals surface area contributed by atoms with Gasteiger partial charge in [0.15, 0.2) is 10.9 Å². The first-order valence-electron chi connectivity index (χ1n) is 7.98. The number of hydrogen-bond donors (Lipinski definition) is 1. The molecule has 2 fully saturated rings. The number of thiazole rings is 1. The second-order valence-electron chi connectivity index (χ2n) is 5.94. The molecule has 1 amide bonds. The maximum Gasteiger partial charge on any atom is 0.293 e. The van der Waals surface area contributed by atoms with Gasteiger partial charge in [0.1, 0.15) is 0 Å². The van der Waals surface area contributed by atoms with Gasteiger partial charge in [0.25, 0.3) is 15.9 Å². The molecule has 0 atom stereocenters. The van der Waals surface area contributed by atoms with Crippen molar-refractivity contribution in [1.29, 1.82) is 0 Å². The fourth-order valence-electron chi connectivity index (χ4n) is 2.56. The number of carbonyl (C=O) groups is 1. The van der Waals surface area contributed by atoms with E-state index in [9.17, 15) is 13.2 Å². The van der Waals surface area contributed by atoms with Crippen LogP contribution in [0.15, 0.2) is 27.0 Å². The van der Waals surface area contributed by atoms with E-state index in [0.717, 1.165) is 18.5 Å². The number of hydrogen-bond acceptors (Lipinski definition) is 7. The Kier molecular flexibility index (Phi) is 4.36. The van der Waals surface area contributed by atoms with Gasteiger partial charge in [-0.2, -0.15) is 4.31 Å². The summed E-state index contributed by atoms with van der Waals surface area (Å²) in [6.45, 7) is 1.24. The lowest BCUT2D eigenvalue weighted by atomic mass is 10.3. The highest BCUT2D eigenvalue weighted by atomic mass is 32.2. The topological polar surface area (TPSA) is 102 Å². The minimum absolute atomic E-state index is 0.0602. The van der Waals surface area contributed by atoms with E-state index >= 15 is 0 Å². The Labute approximate surface area is 148 Å². The van der Waals surface area contributed by atoms with Gasteiger partial charge in [-0.1, -0.05) is 0 Å². The molecule has 0 spiro atoms. The summed E-state index contributed by atoms with van der Waals surface area (Å²) >= 11 is 1.35. The summed E-state index contributed by atoms with van der Waals surface area (Å²) in [4.78, 5) is 16.6. The van der Waals surface area contributed by atoms with Gasteiger partial charge in [0.2, 0.25) is 5.09 Å². The predicted molar refractivity (Wildman–Crippen MR) is 90.3 cm³/mol. The van der Waals surface area contributed by atoms with E-state index in [1.807, 2.05) is 5.38 Å². The molecule has 1 aliphatic heterocycles. The van der Waals surface area contributed by atoms with Crippen molar-refractivity contribution in [3.63, 3.8) is 0 Å². The summed E-state index contributed by atoms with van der Waals surface area (Å²) in [5, 5.41) is 4.83. The number of carbonyl (C=O) groups excluding carboxylic acids is 1. The van der Waals surface area contributed by atoms with E-state index in [2.05, 4.69) is 10.3 Å². The monoisotopic (exact) mass is 383 g/mol. The van der Waals surface area contributed by atoms with Crippen molar-refractivity contribution in [2.75, 3.05) is 31.6 Å². The van der Waals surface area contributed by atoms with Crippen LogP contribution in [0, 0.1) is 0 Å². The average molecular weight is 383 g/mol. The number of rotatable bonds is 5. The van der Waals surface area contributed by atoms with Crippen LogP contribution < -0.4 is 5.32 Å². The molecule has 134 valence electrons. The molecule has 8 nitrogen and oxygen atoms in total. The SMILES string of the molecule is O=C(Nc1nc(C2CC2)cs1)c1ccc(S(=O)(=O)N2CCOCC2)o1. The van der Waals surface area contributed by atoms with Crippen LogP contribution in [0.4, 0.5) is 5.13 Å². The number of aromatic nitrogens is 1. The van der Waals surface area contributed by atoms with Crippen LogP contribution in [0.5, 0.6) is 0 Å². The molecule has 3 heterocycles. The molecule has 1 N–H and O–H groups in total. The molecule has 0 aromatic carbocycles. The van der Waals surface area contributed by atoms with E-state index in [1.165, 1.54) is 27.8 Å². The lowest BCUT2D eigenvalue weighted by Crippen LogP contribution is -2.40. The highest BCUT2D eigenvalue weighted by Gasteiger charge is 2.30. The smallest absolute Gasteiger partial charge is 0.293 e. The van der Waals surface area contributed by atoms with Crippen LogP contribution in [0.25, 0.3) is 0 Å². The largest absolute Gasteiger partial charge is 0.438 e. The van der Waals surface area contributed by atoms with Crippen LogP contribution in [0.3, 0.4) is 0 Å². The van der Waals surface area contributed by atoms with Crippen LogP contribution >= 0.6 is 11.3 Å². The molecule has 0 unspecified atom stereocenters. The zero-order valence-corrected chi connectivity index (χ0v) is 14.9. The Morgan fingerprint density at radius 1 is 1.28 bits per heavy atom. The van der Waals surface area contributed by atoms with Gasteiger partial charge in [0.05, 0.1) is 18.9 Å². The second kappa shape index (κ2) is 6.52. The summed E-state index contributed by atoms with van der Waals surface area (Å²) in [6, 6.07) is 2.66. The van der Waals surface area contributed by atoms with Crippen LogP contribution in [0.2, 0.25) is 0 Å². The third kappa shape index (κ3) is 3.47. The van der Waals surface area contributed by atoms with Crippen LogP contribution in [-0.4, -0.2) is 49.9 Å². The molecule has 1 saturated heterocycles. The van der Waals surface area contributed by atoms with Crippen molar-refractivity contribution in [3.8, 4) is 0 Å². The van der Waals surface area contributed by atoms with E-state index in [-0.39, 0.29) is 23.9 Å². The number of furan rings is 1. The standard InChI is InChI=1S/C15H17N3O5S2/c19-14(17-15-16-11(9-24-15)10-1-2-10)12-3-4-13(23-12)25(20,21)18-5-7-22-8-6-18/h3-4,9-10H,1-2,5-8H2,(H,16,17,19). The molecule has 25 heavy (non-hydrogen) atoms. The average Bonchev–Trinajstić information content (AvgIpc) is 3.15. The molecule has 1 saturated carbocycles. The van der Waals surface area contributed by atoms with Gasteiger partial charge < -0.3 is 9.15 Å². The van der Waals surface area contributed by atoms with Crippen molar-refractivity contribution in [3.05, 3.63) is 29.0 Å². The quantitative estimate of drug-likeness (QED) is 0.846. The first kappa shape index (κ1) is 16.7. The van der Waals surface area contributed by atoms with Crippen molar-refractivity contribution in [1.82, 2.24) is 9.29 Å². The molecular formula is C15H17N3O5S2. The summed E-state index contributed by atoms with van der Waals surface area (Å²) in [6.07, 6.45) is 2.27. The number of morpholine rings is 1. The highest BCUT2D eigenvalue weighted by molar-refractivity contribution is 7.89. The van der Waals surface area contributed by atoms with Gasteiger partial charge in [-0.3, -0.25) is 10.1 Å². The molecule has 10 heteroatoms. The zero-order valence-electron chi connectivity index (χ0n) is 13.3. The number of sulfonamides is 1. The van der Waals surface area contributed by atoms with Gasteiger partial charge in [0, 0.05) is 24.4 Å². The lowest BCUT2D eigenvalue weighted by molar-refractivity contribution is 0.0723. The van der Waals surface area contributed by atoms with Crippen molar-refractivity contribution in [2.24, 2.45) is 0 Å². The predicted octanol–water partition coefficient (Wildman–Crippen LogP) is 1.89. The molecule has 4 rings (SSSR count). The fraction of sp³-hybridized carbons (Fsp3) is 0.467. The third-order valence-electron chi connectivity index (χ3n) is 4.11. The Bertz CT molecular complexity index is 879. The molecule has 1 aliphatic carbocycles. The number of nitrogens with one attached hydrogen (secondary N) is 1. The number of amides is 1. The highest BCUT2D eigenvalue weighted by Crippen LogP contribution is 2.40. The molecule has 2 aromatic rings. The van der Waals surface area contributed by atoms with Crippen molar-refractivity contribution < 1.29 is 22.4 Å². The van der Waals surface area contributed by atoms with Gasteiger partial charge in [-0.15, -0.1) is 11.3 Å². The van der Waals surface area contributed by atoms with Gasteiger partial charge in [-0.25, -0.2) is 13.4 Å². The molecule has 2 aromatic heterocycles. The Hall–Kier alpha value is -1.75. The first-order valence-corrected chi connectivity index (χ1v) is 10.3. The minimum Gasteiger partial charge on any atom is -0.438 e. The number of ether oxygens (including phenoxy) is 1.